The summed E-state index contributed by atoms with van der Waals surface area (Å²) in [4.78, 5) is 15.5. The minimum absolute atomic E-state index is 0.378. The average molecular weight is 454 g/mol. The number of ether oxygens (including phenoxy) is 1. The Morgan fingerprint density at radius 1 is 1.17 bits per heavy atom. The number of esters is 1. The fourth-order valence-corrected chi connectivity index (χ4v) is 5.52. The molecule has 0 aliphatic carbocycles. The Morgan fingerprint density at radius 3 is 2.34 bits per heavy atom. The maximum absolute atomic E-state index is 12.6. The summed E-state index contributed by atoms with van der Waals surface area (Å²) in [6.45, 7) is 3.69. The number of nitrogens with one attached hydrogen (secondary N) is 1. The van der Waals surface area contributed by atoms with Crippen molar-refractivity contribution in [3.8, 4) is 11.1 Å². The zero-order valence-corrected chi connectivity index (χ0v) is 18.9. The molecular weight excluding hydrogens is 430 g/mol. The summed E-state index contributed by atoms with van der Waals surface area (Å²) in [5.41, 5.74) is 2.22. The number of carbonyl (C=O) groups excluding carboxylic acids is 1. The van der Waals surface area contributed by atoms with E-state index >= 15 is 0 Å². The lowest BCUT2D eigenvalue weighted by molar-refractivity contribution is 0.0603. The molecule has 3 rings (SSSR count). The third-order valence-electron chi connectivity index (χ3n) is 4.75. The molecule has 0 unspecified atom stereocenters. The summed E-state index contributed by atoms with van der Waals surface area (Å²) in [6.07, 6.45) is 1.21. The lowest BCUT2D eigenvalue weighted by Gasteiger charge is -2.34. The standard InChI is InChI=1S/C19H23N3O4S3/c1-13-15(14-7-5-4-6-8-14)16(18(23)26-2)17(28-13)20-19(27)21-9-11-22(12-10-21)29(3,24)25/h4-8H,9-12H2,1-3H3,(H,20,27). The number of aryl methyl sites for hydroxylation is 1. The molecule has 0 radical (unpaired) electrons. The van der Waals surface area contributed by atoms with Crippen LogP contribution < -0.4 is 5.32 Å². The number of thiophene rings is 1. The third-order valence-corrected chi connectivity index (χ3v) is 7.44. The zero-order chi connectivity index (χ0) is 21.2. The van der Waals surface area contributed by atoms with Gasteiger partial charge in [-0.05, 0) is 24.7 Å². The van der Waals surface area contributed by atoms with Gasteiger partial charge in [-0.2, -0.15) is 4.31 Å². The van der Waals surface area contributed by atoms with Crippen LogP contribution in [0, 0.1) is 6.92 Å². The van der Waals surface area contributed by atoms with E-state index in [0.29, 0.717) is 41.9 Å². The number of anilines is 1. The highest BCUT2D eigenvalue weighted by Crippen LogP contribution is 2.40. The van der Waals surface area contributed by atoms with Gasteiger partial charge in [0.1, 0.15) is 10.6 Å². The highest BCUT2D eigenvalue weighted by atomic mass is 32.2. The number of nitrogens with zero attached hydrogens (tertiary/aromatic N) is 2. The zero-order valence-electron chi connectivity index (χ0n) is 16.5. The first-order valence-electron chi connectivity index (χ1n) is 9.00. The van der Waals surface area contributed by atoms with Crippen LogP contribution in [0.1, 0.15) is 15.2 Å². The SMILES string of the molecule is COC(=O)c1c(NC(=S)N2CCN(S(C)(=O)=O)CC2)sc(C)c1-c1ccccc1. The highest BCUT2D eigenvalue weighted by molar-refractivity contribution is 7.88. The number of benzene rings is 1. The Balaban J connectivity index is 1.84. The van der Waals surface area contributed by atoms with Gasteiger partial charge in [0.2, 0.25) is 10.0 Å². The second-order valence-corrected chi connectivity index (χ2v) is 10.3. The molecule has 29 heavy (non-hydrogen) atoms. The van der Waals surface area contributed by atoms with Gasteiger partial charge in [0.25, 0.3) is 0 Å². The molecule has 0 saturated carbocycles. The Labute approximate surface area is 180 Å². The van der Waals surface area contributed by atoms with Gasteiger partial charge in [0.05, 0.1) is 13.4 Å². The van der Waals surface area contributed by atoms with Crippen LogP contribution in [0.3, 0.4) is 0 Å². The number of thiocarbonyl (C=S) groups is 1. The molecule has 1 aliphatic heterocycles. The predicted octanol–water partition coefficient (Wildman–Crippen LogP) is 2.78. The van der Waals surface area contributed by atoms with Crippen molar-refractivity contribution in [2.24, 2.45) is 0 Å². The predicted molar refractivity (Wildman–Crippen MR) is 120 cm³/mol. The van der Waals surface area contributed by atoms with Crippen LogP contribution >= 0.6 is 23.6 Å². The largest absolute Gasteiger partial charge is 0.465 e. The van der Waals surface area contributed by atoms with Crippen molar-refractivity contribution in [3.05, 3.63) is 40.8 Å². The molecule has 1 aromatic carbocycles. The molecule has 0 spiro atoms. The van der Waals surface area contributed by atoms with Crippen LogP contribution in [0.15, 0.2) is 30.3 Å². The van der Waals surface area contributed by atoms with Crippen molar-refractivity contribution in [2.45, 2.75) is 6.92 Å². The number of carbonyl (C=O) groups is 1. The van der Waals surface area contributed by atoms with E-state index in [1.165, 1.54) is 29.0 Å². The first kappa shape index (κ1) is 21.7. The molecule has 1 saturated heterocycles. The molecule has 1 N–H and O–H groups in total. The number of piperazine rings is 1. The van der Waals surface area contributed by atoms with E-state index in [4.69, 9.17) is 17.0 Å². The molecule has 7 nitrogen and oxygen atoms in total. The Morgan fingerprint density at radius 2 is 1.79 bits per heavy atom. The maximum atomic E-state index is 12.6. The quantitative estimate of drug-likeness (QED) is 0.563. The second-order valence-electron chi connectivity index (χ2n) is 6.67. The molecule has 0 bridgehead atoms. The van der Waals surface area contributed by atoms with E-state index in [2.05, 4.69) is 5.32 Å². The van der Waals surface area contributed by atoms with Crippen LogP contribution in [-0.4, -0.2) is 68.2 Å². The molecule has 0 atom stereocenters. The molecule has 2 heterocycles. The Bertz CT molecular complexity index is 1010. The van der Waals surface area contributed by atoms with Gasteiger partial charge in [0.15, 0.2) is 5.11 Å². The molecule has 1 fully saturated rings. The van der Waals surface area contributed by atoms with Gasteiger partial charge in [-0.15, -0.1) is 11.3 Å². The summed E-state index contributed by atoms with van der Waals surface area (Å²) >= 11 is 6.99. The Kier molecular flexibility index (Phi) is 6.57. The minimum atomic E-state index is -3.20. The third kappa shape index (κ3) is 4.77. The number of hydrogen-bond acceptors (Lipinski definition) is 6. The molecule has 1 aliphatic rings. The number of hydrogen-bond donors (Lipinski definition) is 1. The van der Waals surface area contributed by atoms with Crippen molar-refractivity contribution in [2.75, 3.05) is 44.9 Å². The normalized spacial score (nSPS) is 15.2. The smallest absolute Gasteiger partial charge is 0.341 e. The lowest BCUT2D eigenvalue weighted by Crippen LogP contribution is -2.51. The summed E-state index contributed by atoms with van der Waals surface area (Å²) in [7, 11) is -1.85. The van der Waals surface area contributed by atoms with Gasteiger partial charge >= 0.3 is 5.97 Å². The maximum Gasteiger partial charge on any atom is 0.341 e. The van der Waals surface area contributed by atoms with Gasteiger partial charge in [-0.3, -0.25) is 0 Å². The van der Waals surface area contributed by atoms with Gasteiger partial charge < -0.3 is 15.0 Å². The number of sulfonamides is 1. The van der Waals surface area contributed by atoms with E-state index in [-0.39, 0.29) is 0 Å². The molecule has 1 aromatic heterocycles. The van der Waals surface area contributed by atoms with Crippen LogP contribution in [0.2, 0.25) is 0 Å². The highest BCUT2D eigenvalue weighted by Gasteiger charge is 2.28. The van der Waals surface area contributed by atoms with E-state index in [0.717, 1.165) is 16.0 Å². The van der Waals surface area contributed by atoms with E-state index in [9.17, 15) is 13.2 Å². The first-order chi connectivity index (χ1) is 13.7. The van der Waals surface area contributed by atoms with Gasteiger partial charge in [-0.1, -0.05) is 30.3 Å². The van der Waals surface area contributed by atoms with Gasteiger partial charge in [0, 0.05) is 36.6 Å². The van der Waals surface area contributed by atoms with Crippen LogP contribution in [0.25, 0.3) is 11.1 Å². The molecule has 0 amide bonds. The van der Waals surface area contributed by atoms with Gasteiger partial charge in [-0.25, -0.2) is 13.2 Å². The average Bonchev–Trinajstić information content (AvgIpc) is 3.03. The number of rotatable bonds is 4. The second kappa shape index (κ2) is 8.78. The fraction of sp³-hybridized carbons (Fsp3) is 0.368. The van der Waals surface area contributed by atoms with Crippen LogP contribution in [0.4, 0.5) is 5.00 Å². The lowest BCUT2D eigenvalue weighted by atomic mass is 10.0. The number of methoxy groups -OCH3 is 1. The molecule has 10 heteroatoms. The minimum Gasteiger partial charge on any atom is -0.465 e. The van der Waals surface area contributed by atoms with Crippen molar-refractivity contribution >= 4 is 49.7 Å². The summed E-state index contributed by atoms with van der Waals surface area (Å²) in [6, 6.07) is 9.68. The molecular formula is C19H23N3O4S3. The van der Waals surface area contributed by atoms with E-state index in [1.54, 1.807) is 0 Å². The van der Waals surface area contributed by atoms with Crippen molar-refractivity contribution < 1.29 is 17.9 Å². The van der Waals surface area contributed by atoms with E-state index < -0.39 is 16.0 Å². The summed E-state index contributed by atoms with van der Waals surface area (Å²) in [5, 5.41) is 4.28. The van der Waals surface area contributed by atoms with Crippen LogP contribution in [0.5, 0.6) is 0 Å². The van der Waals surface area contributed by atoms with E-state index in [1.807, 2.05) is 42.2 Å². The monoisotopic (exact) mass is 453 g/mol. The van der Waals surface area contributed by atoms with Crippen LogP contribution in [-0.2, 0) is 14.8 Å². The van der Waals surface area contributed by atoms with Crippen molar-refractivity contribution in [3.63, 3.8) is 0 Å². The topological polar surface area (TPSA) is 79.0 Å². The Hall–Kier alpha value is -2.01. The first-order valence-corrected chi connectivity index (χ1v) is 12.1. The summed E-state index contributed by atoms with van der Waals surface area (Å²) in [5.74, 6) is -0.430. The summed E-state index contributed by atoms with van der Waals surface area (Å²) < 4.78 is 29.8. The van der Waals surface area contributed by atoms with Crippen molar-refractivity contribution in [1.29, 1.82) is 0 Å². The van der Waals surface area contributed by atoms with Crippen molar-refractivity contribution in [1.82, 2.24) is 9.21 Å². The molecule has 156 valence electrons. The fourth-order valence-electron chi connectivity index (χ4n) is 3.28. The molecule has 2 aromatic rings.